The van der Waals surface area contributed by atoms with E-state index < -0.39 is 18.2 Å². The Kier molecular flexibility index (Phi) is 4.78. The second-order valence-corrected chi connectivity index (χ2v) is 5.91. The number of hydrogen-bond donors (Lipinski definition) is 3. The van der Waals surface area contributed by atoms with Gasteiger partial charge in [0.05, 0.1) is 19.3 Å². The maximum Gasteiger partial charge on any atom is 0.251 e. The van der Waals surface area contributed by atoms with Gasteiger partial charge in [-0.3, -0.25) is 9.78 Å². The van der Waals surface area contributed by atoms with Crippen LogP contribution < -0.4 is 10.1 Å². The smallest absolute Gasteiger partial charge is 0.251 e. The molecule has 0 aliphatic heterocycles. The summed E-state index contributed by atoms with van der Waals surface area (Å²) in [5.74, 6) is 0.173. The maximum atomic E-state index is 12.5. The molecule has 1 heterocycles. The summed E-state index contributed by atoms with van der Waals surface area (Å²) in [6, 6.07) is 9.83. The van der Waals surface area contributed by atoms with Crippen LogP contribution in [0.5, 0.6) is 5.75 Å². The number of ether oxygens (including phenoxy) is 1. The lowest BCUT2D eigenvalue weighted by molar-refractivity contribution is 0.0294. The van der Waals surface area contributed by atoms with Crippen molar-refractivity contribution >= 4 is 5.91 Å². The summed E-state index contributed by atoms with van der Waals surface area (Å²) in [5, 5.41) is 23.1. The van der Waals surface area contributed by atoms with Crippen LogP contribution in [0.4, 0.5) is 0 Å². The minimum Gasteiger partial charge on any atom is -0.497 e. The van der Waals surface area contributed by atoms with Gasteiger partial charge in [0.2, 0.25) is 0 Å². The van der Waals surface area contributed by atoms with Crippen LogP contribution in [0.15, 0.2) is 48.8 Å². The number of carbonyl (C=O) groups excluding carboxylic acids is 1. The summed E-state index contributed by atoms with van der Waals surface area (Å²) in [6.45, 7) is 0. The molecule has 4 unspecified atom stereocenters. The van der Waals surface area contributed by atoms with Crippen molar-refractivity contribution in [2.24, 2.45) is 0 Å². The Morgan fingerprint density at radius 2 is 2.00 bits per heavy atom. The predicted octanol–water partition coefficient (Wildman–Crippen LogP) is 1.10. The van der Waals surface area contributed by atoms with Crippen molar-refractivity contribution in [3.8, 4) is 5.75 Å². The van der Waals surface area contributed by atoms with Gasteiger partial charge in [0.1, 0.15) is 11.9 Å². The van der Waals surface area contributed by atoms with Gasteiger partial charge in [-0.05, 0) is 42.3 Å². The number of rotatable bonds is 4. The average Bonchev–Trinajstić information content (AvgIpc) is 2.91. The third-order valence-electron chi connectivity index (χ3n) is 4.45. The van der Waals surface area contributed by atoms with Crippen molar-refractivity contribution < 1.29 is 19.7 Å². The van der Waals surface area contributed by atoms with E-state index in [0.717, 1.165) is 5.56 Å². The molecule has 1 fully saturated rings. The average molecular weight is 328 g/mol. The standard InChI is InChI=1S/C18H20N2O4/c1-24-13-6-4-11(5-7-13)18(23)20-16-14(9-15(21)17(16)22)12-3-2-8-19-10-12/h2-8,10,14-17,21-22H,9H2,1H3,(H,20,23). The van der Waals surface area contributed by atoms with Crippen molar-refractivity contribution in [2.75, 3.05) is 7.11 Å². The molecule has 0 radical (unpaired) electrons. The molecule has 1 aromatic carbocycles. The Bertz CT molecular complexity index is 690. The molecule has 24 heavy (non-hydrogen) atoms. The Balaban J connectivity index is 1.78. The Labute approximate surface area is 140 Å². The molecular formula is C18H20N2O4. The van der Waals surface area contributed by atoms with Crippen LogP contribution in [0.2, 0.25) is 0 Å². The number of aliphatic hydroxyl groups excluding tert-OH is 2. The molecule has 6 nitrogen and oxygen atoms in total. The molecule has 1 aliphatic rings. The van der Waals surface area contributed by atoms with E-state index in [4.69, 9.17) is 4.74 Å². The summed E-state index contributed by atoms with van der Waals surface area (Å²) in [7, 11) is 1.56. The fourth-order valence-corrected chi connectivity index (χ4v) is 3.13. The molecule has 3 N–H and O–H groups in total. The van der Waals surface area contributed by atoms with Crippen LogP contribution >= 0.6 is 0 Å². The lowest BCUT2D eigenvalue weighted by Gasteiger charge is -2.23. The van der Waals surface area contributed by atoms with Crippen molar-refractivity contribution in [1.29, 1.82) is 0 Å². The number of methoxy groups -OCH3 is 1. The van der Waals surface area contributed by atoms with Crippen LogP contribution in [0, 0.1) is 0 Å². The quantitative estimate of drug-likeness (QED) is 0.782. The summed E-state index contributed by atoms with van der Waals surface area (Å²) in [5.41, 5.74) is 1.35. The first kappa shape index (κ1) is 16.4. The molecule has 0 spiro atoms. The number of nitrogens with zero attached hydrogens (tertiary/aromatic N) is 1. The summed E-state index contributed by atoms with van der Waals surface area (Å²) in [4.78, 5) is 16.5. The molecule has 1 aliphatic carbocycles. The molecule has 4 atom stereocenters. The van der Waals surface area contributed by atoms with Gasteiger partial charge in [0.15, 0.2) is 0 Å². The number of amides is 1. The van der Waals surface area contributed by atoms with Gasteiger partial charge in [-0.2, -0.15) is 0 Å². The van der Waals surface area contributed by atoms with E-state index in [-0.39, 0.29) is 11.8 Å². The molecule has 6 heteroatoms. The number of hydrogen-bond acceptors (Lipinski definition) is 5. The second kappa shape index (κ2) is 6.98. The van der Waals surface area contributed by atoms with Gasteiger partial charge in [0.25, 0.3) is 5.91 Å². The number of nitrogens with one attached hydrogen (secondary N) is 1. The highest BCUT2D eigenvalue weighted by Crippen LogP contribution is 2.35. The fraction of sp³-hybridized carbons (Fsp3) is 0.333. The van der Waals surface area contributed by atoms with Crippen LogP contribution in [-0.2, 0) is 0 Å². The zero-order valence-electron chi connectivity index (χ0n) is 13.3. The molecule has 3 rings (SSSR count). The minimum atomic E-state index is -1.02. The van der Waals surface area contributed by atoms with Crippen LogP contribution in [0.3, 0.4) is 0 Å². The van der Waals surface area contributed by atoms with E-state index in [1.165, 1.54) is 0 Å². The van der Waals surface area contributed by atoms with E-state index in [0.29, 0.717) is 17.7 Å². The third kappa shape index (κ3) is 3.25. The van der Waals surface area contributed by atoms with Crippen LogP contribution in [0.25, 0.3) is 0 Å². The SMILES string of the molecule is COc1ccc(C(=O)NC2C(c3cccnc3)CC(O)C2O)cc1. The summed E-state index contributed by atoms with van der Waals surface area (Å²) >= 11 is 0. The Morgan fingerprint density at radius 1 is 1.25 bits per heavy atom. The Hall–Kier alpha value is -2.44. The van der Waals surface area contributed by atoms with Gasteiger partial charge < -0.3 is 20.3 Å². The van der Waals surface area contributed by atoms with Crippen molar-refractivity contribution in [3.05, 3.63) is 59.9 Å². The fourth-order valence-electron chi connectivity index (χ4n) is 3.13. The molecule has 1 aromatic heterocycles. The predicted molar refractivity (Wildman–Crippen MR) is 87.9 cm³/mol. The van der Waals surface area contributed by atoms with Gasteiger partial charge in [0, 0.05) is 23.9 Å². The van der Waals surface area contributed by atoms with Crippen molar-refractivity contribution in [2.45, 2.75) is 30.6 Å². The number of aliphatic hydroxyl groups is 2. The number of benzene rings is 1. The van der Waals surface area contributed by atoms with E-state index in [9.17, 15) is 15.0 Å². The Morgan fingerprint density at radius 3 is 2.62 bits per heavy atom. The normalized spacial score (nSPS) is 26.1. The van der Waals surface area contributed by atoms with Gasteiger partial charge in [-0.15, -0.1) is 0 Å². The maximum absolute atomic E-state index is 12.5. The highest BCUT2D eigenvalue weighted by Gasteiger charge is 2.43. The highest BCUT2D eigenvalue weighted by atomic mass is 16.5. The molecule has 1 amide bonds. The van der Waals surface area contributed by atoms with E-state index in [1.54, 1.807) is 49.8 Å². The summed E-state index contributed by atoms with van der Waals surface area (Å²) in [6.07, 6.45) is 1.84. The van der Waals surface area contributed by atoms with E-state index in [2.05, 4.69) is 10.3 Å². The zero-order chi connectivity index (χ0) is 17.1. The molecule has 0 saturated heterocycles. The molecule has 1 saturated carbocycles. The minimum absolute atomic E-state index is 0.189. The lowest BCUT2D eigenvalue weighted by Crippen LogP contribution is -2.45. The first-order chi connectivity index (χ1) is 11.6. The van der Waals surface area contributed by atoms with Crippen molar-refractivity contribution in [3.63, 3.8) is 0 Å². The number of aromatic nitrogens is 1. The molecule has 126 valence electrons. The summed E-state index contributed by atoms with van der Waals surface area (Å²) < 4.78 is 5.08. The van der Waals surface area contributed by atoms with E-state index in [1.807, 2.05) is 6.07 Å². The van der Waals surface area contributed by atoms with Gasteiger partial charge >= 0.3 is 0 Å². The molecule has 0 bridgehead atoms. The first-order valence-electron chi connectivity index (χ1n) is 7.81. The number of carbonyl (C=O) groups is 1. The van der Waals surface area contributed by atoms with Gasteiger partial charge in [-0.1, -0.05) is 6.07 Å². The largest absolute Gasteiger partial charge is 0.497 e. The molecular weight excluding hydrogens is 308 g/mol. The van der Waals surface area contributed by atoms with E-state index >= 15 is 0 Å². The number of pyridine rings is 1. The third-order valence-corrected chi connectivity index (χ3v) is 4.45. The zero-order valence-corrected chi connectivity index (χ0v) is 13.3. The van der Waals surface area contributed by atoms with Crippen molar-refractivity contribution in [1.82, 2.24) is 10.3 Å². The monoisotopic (exact) mass is 328 g/mol. The van der Waals surface area contributed by atoms with Crippen LogP contribution in [0.1, 0.15) is 28.3 Å². The second-order valence-electron chi connectivity index (χ2n) is 5.91. The lowest BCUT2D eigenvalue weighted by atomic mass is 9.94. The van der Waals surface area contributed by atoms with Crippen LogP contribution in [-0.4, -0.2) is 46.5 Å². The topological polar surface area (TPSA) is 91.7 Å². The van der Waals surface area contributed by atoms with Gasteiger partial charge in [-0.25, -0.2) is 0 Å². The molecule has 2 aromatic rings. The highest BCUT2D eigenvalue weighted by molar-refractivity contribution is 5.94. The first-order valence-corrected chi connectivity index (χ1v) is 7.81.